The maximum Gasteiger partial charge on any atom is 0.223 e. The van der Waals surface area contributed by atoms with Gasteiger partial charge in [0.25, 0.3) is 0 Å². The molecule has 1 aliphatic rings. The minimum atomic E-state index is 0. The molecule has 0 aliphatic carbocycles. The Morgan fingerprint density at radius 3 is 2.67 bits per heavy atom. The van der Waals surface area contributed by atoms with Crippen molar-refractivity contribution in [3.8, 4) is 0 Å². The summed E-state index contributed by atoms with van der Waals surface area (Å²) in [6, 6.07) is 6.20. The fraction of sp³-hybridized carbons (Fsp3) is 0.571. The lowest BCUT2D eigenvalue weighted by Crippen LogP contribution is -2.42. The van der Waals surface area contributed by atoms with Gasteiger partial charge in [-0.05, 0) is 25.0 Å². The molecule has 2 N–H and O–H groups in total. The number of piperidine rings is 1. The number of nitrogens with two attached hydrogens (primary N) is 1. The lowest BCUT2D eigenvalue weighted by atomic mass is 10.1. The molecule has 0 aromatic carbocycles. The van der Waals surface area contributed by atoms with E-state index in [1.54, 1.807) is 18.0 Å². The van der Waals surface area contributed by atoms with Crippen molar-refractivity contribution >= 4 is 42.5 Å². The summed E-state index contributed by atoms with van der Waals surface area (Å²) < 4.78 is 0. The molecule has 0 unspecified atom stereocenters. The fourth-order valence-corrected chi connectivity index (χ4v) is 2.97. The standard InChI is InChI=1S/C14H21N3OS.2ClH/c15-12-4-8-17(9-5-12)14(18)6-10-19-11-13-3-1-2-7-16-13;;/h1-3,7,12H,4-6,8-11,15H2;2*1H. The molecule has 7 heteroatoms. The second kappa shape index (κ2) is 11.1. The van der Waals surface area contributed by atoms with Crippen molar-refractivity contribution in [1.29, 1.82) is 0 Å². The lowest BCUT2D eigenvalue weighted by Gasteiger charge is -2.30. The van der Waals surface area contributed by atoms with E-state index in [4.69, 9.17) is 5.73 Å². The van der Waals surface area contributed by atoms with Crippen LogP contribution in [0.15, 0.2) is 24.4 Å². The molecule has 0 spiro atoms. The first-order valence-corrected chi connectivity index (χ1v) is 7.92. The Hall–Kier alpha value is -0.490. The summed E-state index contributed by atoms with van der Waals surface area (Å²) in [7, 11) is 0. The van der Waals surface area contributed by atoms with Gasteiger partial charge < -0.3 is 10.6 Å². The van der Waals surface area contributed by atoms with Crippen LogP contribution in [0.25, 0.3) is 0 Å². The maximum atomic E-state index is 12.0. The fourth-order valence-electron chi connectivity index (χ4n) is 2.13. The molecule has 1 aromatic heterocycles. The molecule has 21 heavy (non-hydrogen) atoms. The smallest absolute Gasteiger partial charge is 0.223 e. The van der Waals surface area contributed by atoms with Gasteiger partial charge in [-0.2, -0.15) is 11.8 Å². The van der Waals surface area contributed by atoms with E-state index in [-0.39, 0.29) is 36.8 Å². The van der Waals surface area contributed by atoms with E-state index in [0.29, 0.717) is 6.42 Å². The minimum Gasteiger partial charge on any atom is -0.343 e. The van der Waals surface area contributed by atoms with Crippen LogP contribution in [0, 0.1) is 0 Å². The van der Waals surface area contributed by atoms with Gasteiger partial charge in [0, 0.05) is 43.3 Å². The van der Waals surface area contributed by atoms with Crippen molar-refractivity contribution in [3.63, 3.8) is 0 Å². The number of carbonyl (C=O) groups is 1. The number of halogens is 2. The van der Waals surface area contributed by atoms with Gasteiger partial charge in [-0.15, -0.1) is 24.8 Å². The van der Waals surface area contributed by atoms with Crippen LogP contribution in [0.4, 0.5) is 0 Å². The Labute approximate surface area is 143 Å². The third-order valence-corrected chi connectivity index (χ3v) is 4.32. The second-order valence-electron chi connectivity index (χ2n) is 4.84. The number of nitrogens with zero attached hydrogens (tertiary/aromatic N) is 2. The molecule has 1 amide bonds. The van der Waals surface area contributed by atoms with Crippen LogP contribution in [0.1, 0.15) is 25.0 Å². The number of rotatable bonds is 5. The molecule has 0 saturated carbocycles. The Morgan fingerprint density at radius 1 is 1.33 bits per heavy atom. The average Bonchev–Trinajstić information content (AvgIpc) is 2.45. The van der Waals surface area contributed by atoms with Crippen molar-refractivity contribution in [2.45, 2.75) is 31.1 Å². The van der Waals surface area contributed by atoms with E-state index >= 15 is 0 Å². The highest BCUT2D eigenvalue weighted by molar-refractivity contribution is 7.98. The monoisotopic (exact) mass is 351 g/mol. The number of pyridine rings is 1. The van der Waals surface area contributed by atoms with Crippen LogP contribution in [-0.2, 0) is 10.5 Å². The Balaban J connectivity index is 0.00000200. The van der Waals surface area contributed by atoms with E-state index < -0.39 is 0 Å². The number of likely N-dealkylation sites (tertiary alicyclic amines) is 1. The van der Waals surface area contributed by atoms with E-state index in [1.165, 1.54) is 0 Å². The molecular formula is C14H23Cl2N3OS. The van der Waals surface area contributed by atoms with Gasteiger partial charge in [-0.25, -0.2) is 0 Å². The van der Waals surface area contributed by atoms with Gasteiger partial charge >= 0.3 is 0 Å². The molecule has 0 atom stereocenters. The first-order valence-electron chi connectivity index (χ1n) is 6.76. The topological polar surface area (TPSA) is 59.2 Å². The second-order valence-corrected chi connectivity index (χ2v) is 5.95. The van der Waals surface area contributed by atoms with Crippen LogP contribution in [0.5, 0.6) is 0 Å². The summed E-state index contributed by atoms with van der Waals surface area (Å²) in [5.41, 5.74) is 6.91. The largest absolute Gasteiger partial charge is 0.343 e. The van der Waals surface area contributed by atoms with Crippen LogP contribution in [-0.4, -0.2) is 40.7 Å². The Bertz CT molecular complexity index is 400. The molecule has 0 bridgehead atoms. The normalized spacial score (nSPS) is 15.0. The van der Waals surface area contributed by atoms with Crippen molar-refractivity contribution in [2.75, 3.05) is 18.8 Å². The van der Waals surface area contributed by atoms with Crippen LogP contribution in [0.3, 0.4) is 0 Å². The van der Waals surface area contributed by atoms with Crippen molar-refractivity contribution in [2.24, 2.45) is 5.73 Å². The minimum absolute atomic E-state index is 0. The van der Waals surface area contributed by atoms with Crippen molar-refractivity contribution in [3.05, 3.63) is 30.1 Å². The predicted molar refractivity (Wildman–Crippen MR) is 93.3 cm³/mol. The number of thioether (sulfide) groups is 1. The number of hydrogen-bond donors (Lipinski definition) is 1. The zero-order valence-electron chi connectivity index (χ0n) is 11.9. The lowest BCUT2D eigenvalue weighted by molar-refractivity contribution is -0.131. The van der Waals surface area contributed by atoms with Crippen molar-refractivity contribution in [1.82, 2.24) is 9.88 Å². The number of hydrogen-bond acceptors (Lipinski definition) is 4. The van der Waals surface area contributed by atoms with Crippen LogP contribution >= 0.6 is 36.6 Å². The highest BCUT2D eigenvalue weighted by Crippen LogP contribution is 2.14. The zero-order valence-corrected chi connectivity index (χ0v) is 14.4. The maximum absolute atomic E-state index is 12.0. The van der Waals surface area contributed by atoms with Crippen molar-refractivity contribution < 1.29 is 4.79 Å². The summed E-state index contributed by atoms with van der Waals surface area (Å²) >= 11 is 1.76. The molecule has 4 nitrogen and oxygen atoms in total. The summed E-state index contributed by atoms with van der Waals surface area (Å²) in [4.78, 5) is 18.2. The van der Waals surface area contributed by atoms with E-state index in [9.17, 15) is 4.79 Å². The molecule has 2 rings (SSSR count). The van der Waals surface area contributed by atoms with Gasteiger partial charge in [0.15, 0.2) is 0 Å². The molecule has 1 fully saturated rings. The average molecular weight is 352 g/mol. The number of carbonyl (C=O) groups excluding carboxylic acids is 1. The van der Waals surface area contributed by atoms with E-state index in [1.807, 2.05) is 23.1 Å². The third kappa shape index (κ3) is 7.36. The highest BCUT2D eigenvalue weighted by Gasteiger charge is 2.19. The molecule has 1 saturated heterocycles. The van der Waals surface area contributed by atoms with E-state index in [2.05, 4.69) is 4.98 Å². The summed E-state index contributed by atoms with van der Waals surface area (Å²) in [5.74, 6) is 2.00. The molecular weight excluding hydrogens is 329 g/mol. The summed E-state index contributed by atoms with van der Waals surface area (Å²) in [6.45, 7) is 1.65. The van der Waals surface area contributed by atoms with Crippen LogP contribution < -0.4 is 5.73 Å². The van der Waals surface area contributed by atoms with Gasteiger partial charge in [-0.1, -0.05) is 6.07 Å². The van der Waals surface area contributed by atoms with Gasteiger partial charge in [-0.3, -0.25) is 9.78 Å². The Morgan fingerprint density at radius 2 is 2.05 bits per heavy atom. The van der Waals surface area contributed by atoms with Gasteiger partial charge in [0.2, 0.25) is 5.91 Å². The summed E-state index contributed by atoms with van der Waals surface area (Å²) in [5, 5.41) is 0. The van der Waals surface area contributed by atoms with E-state index in [0.717, 1.165) is 43.1 Å². The predicted octanol–water partition coefficient (Wildman–Crippen LogP) is 2.50. The third-order valence-electron chi connectivity index (χ3n) is 3.33. The quantitative estimate of drug-likeness (QED) is 0.828. The first-order chi connectivity index (χ1) is 9.25. The SMILES string of the molecule is Cl.Cl.NC1CCN(C(=O)CCSCc2ccccn2)CC1. The van der Waals surface area contributed by atoms with Gasteiger partial charge in [0.1, 0.15) is 0 Å². The molecule has 1 aromatic rings. The molecule has 2 heterocycles. The highest BCUT2D eigenvalue weighted by atomic mass is 35.5. The zero-order chi connectivity index (χ0) is 13.5. The number of aromatic nitrogens is 1. The first kappa shape index (κ1) is 20.5. The molecule has 1 aliphatic heterocycles. The van der Waals surface area contributed by atoms with Gasteiger partial charge in [0.05, 0.1) is 5.69 Å². The summed E-state index contributed by atoms with van der Waals surface area (Å²) in [6.07, 6.45) is 4.30. The Kier molecular flexibility index (Phi) is 10.9. The molecule has 0 radical (unpaired) electrons. The molecule has 120 valence electrons. The van der Waals surface area contributed by atoms with Crippen LogP contribution in [0.2, 0.25) is 0 Å². The number of amides is 1.